The normalized spacial score (nSPS) is 12.0. The van der Waals surface area contributed by atoms with Crippen molar-refractivity contribution >= 4 is 41.6 Å². The maximum Gasteiger partial charge on any atom is 0.279 e. The van der Waals surface area contributed by atoms with Gasteiger partial charge < -0.3 is 14.0 Å². The largest absolute Gasteiger partial charge is 0.359 e. The molecule has 0 spiro atoms. The fourth-order valence-corrected chi connectivity index (χ4v) is 4.36. The molecule has 3 aromatic rings. The van der Waals surface area contributed by atoms with E-state index in [1.807, 2.05) is 41.1 Å². The van der Waals surface area contributed by atoms with Crippen LogP contribution in [0.25, 0.3) is 10.9 Å². The van der Waals surface area contributed by atoms with E-state index in [4.69, 9.17) is 9.47 Å². The van der Waals surface area contributed by atoms with Gasteiger partial charge in [-0.1, -0.05) is 50.0 Å². The second-order valence-electron chi connectivity index (χ2n) is 7.97. The highest BCUT2D eigenvalue weighted by Gasteiger charge is 2.15. The Kier molecular flexibility index (Phi) is 7.08. The van der Waals surface area contributed by atoms with Crippen LogP contribution in [0.1, 0.15) is 5.56 Å². The molecule has 0 N–H and O–H groups in total. The first-order valence-corrected chi connectivity index (χ1v) is 14.1. The smallest absolute Gasteiger partial charge is 0.279 e. The SMILES string of the molecule is C[Si](C)(C)CCOCn1ncc2c(c(I)cn2COCc2ccccc2)c1=O. The van der Waals surface area contributed by atoms with Gasteiger partial charge in [0.25, 0.3) is 5.56 Å². The van der Waals surface area contributed by atoms with Crippen LogP contribution < -0.4 is 5.56 Å². The molecule has 28 heavy (non-hydrogen) atoms. The number of halogens is 1. The number of rotatable bonds is 9. The molecular weight excluding hydrogens is 485 g/mol. The molecule has 0 unspecified atom stereocenters. The van der Waals surface area contributed by atoms with Gasteiger partial charge in [0.2, 0.25) is 0 Å². The summed E-state index contributed by atoms with van der Waals surface area (Å²) < 4.78 is 15.7. The van der Waals surface area contributed by atoms with Crippen molar-refractivity contribution < 1.29 is 9.47 Å². The van der Waals surface area contributed by atoms with Gasteiger partial charge in [-0.15, -0.1) is 0 Å². The molecule has 0 aliphatic heterocycles. The number of hydrogen-bond donors (Lipinski definition) is 0. The van der Waals surface area contributed by atoms with E-state index in [0.29, 0.717) is 25.3 Å². The summed E-state index contributed by atoms with van der Waals surface area (Å²) >= 11 is 2.19. The Morgan fingerprint density at radius 3 is 2.57 bits per heavy atom. The van der Waals surface area contributed by atoms with Crippen LogP contribution >= 0.6 is 22.6 Å². The van der Waals surface area contributed by atoms with E-state index < -0.39 is 8.07 Å². The van der Waals surface area contributed by atoms with Crippen molar-refractivity contribution in [3.8, 4) is 0 Å². The van der Waals surface area contributed by atoms with Gasteiger partial charge in [-0.2, -0.15) is 5.10 Å². The highest BCUT2D eigenvalue weighted by molar-refractivity contribution is 14.1. The maximum absolute atomic E-state index is 12.8. The number of hydrogen-bond acceptors (Lipinski definition) is 4. The van der Waals surface area contributed by atoms with E-state index in [1.165, 1.54) is 4.68 Å². The molecule has 2 heterocycles. The van der Waals surface area contributed by atoms with Crippen molar-refractivity contribution in [2.75, 3.05) is 6.61 Å². The summed E-state index contributed by atoms with van der Waals surface area (Å²) in [5, 5.41) is 4.95. The zero-order valence-corrected chi connectivity index (χ0v) is 19.7. The van der Waals surface area contributed by atoms with E-state index >= 15 is 0 Å². The maximum atomic E-state index is 12.8. The molecule has 0 atom stereocenters. The summed E-state index contributed by atoms with van der Waals surface area (Å²) in [5.74, 6) is 0. The summed E-state index contributed by atoms with van der Waals surface area (Å²) in [6, 6.07) is 11.1. The molecule has 0 saturated carbocycles. The van der Waals surface area contributed by atoms with Gasteiger partial charge in [0.1, 0.15) is 13.5 Å². The lowest BCUT2D eigenvalue weighted by atomic mass is 10.2. The van der Waals surface area contributed by atoms with Crippen LogP contribution in [0, 0.1) is 3.57 Å². The second kappa shape index (κ2) is 9.34. The first-order chi connectivity index (χ1) is 13.3. The third-order valence-electron chi connectivity index (χ3n) is 4.39. The van der Waals surface area contributed by atoms with Crippen LogP contribution in [-0.4, -0.2) is 29.0 Å². The highest BCUT2D eigenvalue weighted by atomic mass is 127. The summed E-state index contributed by atoms with van der Waals surface area (Å²) in [7, 11) is -1.15. The summed E-state index contributed by atoms with van der Waals surface area (Å²) in [6.07, 6.45) is 3.64. The van der Waals surface area contributed by atoms with Crippen molar-refractivity contribution in [2.45, 2.75) is 45.8 Å². The predicted octanol–water partition coefficient (Wildman–Crippen LogP) is 4.29. The van der Waals surface area contributed by atoms with Gasteiger partial charge in [-0.25, -0.2) is 4.68 Å². The fraction of sp³-hybridized carbons (Fsp3) is 0.400. The molecule has 8 heteroatoms. The fourth-order valence-electron chi connectivity index (χ4n) is 2.76. The molecule has 1 aromatic carbocycles. The average molecular weight is 511 g/mol. The zero-order valence-electron chi connectivity index (χ0n) is 16.5. The van der Waals surface area contributed by atoms with Gasteiger partial charge in [0.05, 0.1) is 23.7 Å². The third kappa shape index (κ3) is 5.53. The van der Waals surface area contributed by atoms with E-state index in [1.54, 1.807) is 6.20 Å². The number of ether oxygens (including phenoxy) is 2. The van der Waals surface area contributed by atoms with Crippen molar-refractivity contribution in [2.24, 2.45) is 0 Å². The average Bonchev–Trinajstić information content (AvgIpc) is 2.97. The molecule has 0 amide bonds. The minimum absolute atomic E-state index is 0.128. The molecule has 0 bridgehead atoms. The van der Waals surface area contributed by atoms with Crippen molar-refractivity contribution in [1.29, 1.82) is 0 Å². The first kappa shape index (κ1) is 21.2. The lowest BCUT2D eigenvalue weighted by molar-refractivity contribution is 0.0664. The van der Waals surface area contributed by atoms with E-state index in [-0.39, 0.29) is 12.3 Å². The van der Waals surface area contributed by atoms with Gasteiger partial charge in [0.15, 0.2) is 0 Å². The predicted molar refractivity (Wildman–Crippen MR) is 122 cm³/mol. The summed E-state index contributed by atoms with van der Waals surface area (Å²) in [5.41, 5.74) is 1.77. The quantitative estimate of drug-likeness (QED) is 0.245. The molecule has 0 radical (unpaired) electrons. The van der Waals surface area contributed by atoms with Crippen LogP contribution in [0.15, 0.2) is 47.5 Å². The van der Waals surface area contributed by atoms with Crippen LogP contribution in [0.2, 0.25) is 25.7 Å². The minimum atomic E-state index is -1.15. The number of nitrogens with zero attached hydrogens (tertiary/aromatic N) is 3. The molecule has 0 fully saturated rings. The highest BCUT2D eigenvalue weighted by Crippen LogP contribution is 2.19. The topological polar surface area (TPSA) is 58.3 Å². The van der Waals surface area contributed by atoms with Crippen LogP contribution in [0.5, 0.6) is 0 Å². The molecule has 2 aromatic heterocycles. The van der Waals surface area contributed by atoms with E-state index in [0.717, 1.165) is 20.7 Å². The number of aromatic nitrogens is 3. The minimum Gasteiger partial charge on any atom is -0.359 e. The lowest BCUT2D eigenvalue weighted by Gasteiger charge is -2.15. The standard InChI is InChI=1S/C20H26IN3O3Si/c1-28(2,3)10-9-26-15-24-20(25)19-17(21)12-23(18(19)11-22-24)14-27-13-16-7-5-4-6-8-16/h4-8,11-12H,9-10,13-15H2,1-3H3. The Bertz CT molecular complexity index is 980. The summed E-state index contributed by atoms with van der Waals surface area (Å²) in [6.45, 7) is 8.64. The van der Waals surface area contributed by atoms with Crippen LogP contribution in [0.4, 0.5) is 0 Å². The van der Waals surface area contributed by atoms with Crippen molar-refractivity contribution in [1.82, 2.24) is 14.3 Å². The Morgan fingerprint density at radius 1 is 1.11 bits per heavy atom. The van der Waals surface area contributed by atoms with Crippen molar-refractivity contribution in [3.05, 3.63) is 62.2 Å². The monoisotopic (exact) mass is 511 g/mol. The second-order valence-corrected chi connectivity index (χ2v) is 14.8. The zero-order chi connectivity index (χ0) is 20.1. The van der Waals surface area contributed by atoms with Crippen molar-refractivity contribution in [3.63, 3.8) is 0 Å². The van der Waals surface area contributed by atoms with Gasteiger partial charge in [0, 0.05) is 24.4 Å². The Balaban J connectivity index is 1.68. The van der Waals surface area contributed by atoms with Gasteiger partial charge >= 0.3 is 0 Å². The third-order valence-corrected chi connectivity index (χ3v) is 6.92. The molecule has 6 nitrogen and oxygen atoms in total. The van der Waals surface area contributed by atoms with Crippen LogP contribution in [-0.2, 0) is 29.5 Å². The number of benzene rings is 1. The molecule has 0 aliphatic carbocycles. The van der Waals surface area contributed by atoms with Gasteiger partial charge in [-0.05, 0) is 34.2 Å². The molecule has 0 saturated heterocycles. The van der Waals surface area contributed by atoms with Crippen LogP contribution in [0.3, 0.4) is 0 Å². The molecule has 3 rings (SSSR count). The molecule has 150 valence electrons. The Morgan fingerprint density at radius 2 is 1.86 bits per heavy atom. The number of fused-ring (bicyclic) bond motifs is 1. The Hall–Kier alpha value is -1.49. The summed E-state index contributed by atoms with van der Waals surface area (Å²) in [4.78, 5) is 12.8. The Labute approximate surface area is 179 Å². The molecular formula is C20H26IN3O3Si. The van der Waals surface area contributed by atoms with Gasteiger partial charge in [-0.3, -0.25) is 4.79 Å². The van der Waals surface area contributed by atoms with E-state index in [9.17, 15) is 4.79 Å². The lowest BCUT2D eigenvalue weighted by Crippen LogP contribution is -2.26. The molecule has 0 aliphatic rings. The first-order valence-electron chi connectivity index (χ1n) is 9.29. The van der Waals surface area contributed by atoms with E-state index in [2.05, 4.69) is 47.3 Å².